The number of carbonyl (C=O) groups excluding carboxylic acids is 2. The molecule has 8 heteroatoms. The minimum absolute atomic E-state index is 0.188. The average Bonchev–Trinajstić information content (AvgIpc) is 2.72. The Bertz CT molecular complexity index is 1060. The van der Waals surface area contributed by atoms with Crippen molar-refractivity contribution >= 4 is 22.6 Å². The van der Waals surface area contributed by atoms with Crippen LogP contribution in [0, 0.1) is 0 Å². The highest BCUT2D eigenvalue weighted by Gasteiger charge is 2.30. The highest BCUT2D eigenvalue weighted by atomic mass is 19.4. The molecule has 0 aliphatic carbocycles. The molecule has 0 aliphatic rings. The van der Waals surface area contributed by atoms with Crippen LogP contribution in [0.15, 0.2) is 60.7 Å². The fourth-order valence-corrected chi connectivity index (χ4v) is 2.92. The number of hydrogen-bond donors (Lipinski definition) is 3. The van der Waals surface area contributed by atoms with Gasteiger partial charge in [0.2, 0.25) is 0 Å². The van der Waals surface area contributed by atoms with Gasteiger partial charge in [0.15, 0.2) is 0 Å². The average molecular weight is 402 g/mol. The molecule has 5 nitrogen and oxygen atoms in total. The normalized spacial score (nSPS) is 11.3. The molecular formula is C21H17F3N2O3. The predicted octanol–water partition coefficient (Wildman–Crippen LogP) is 3.95. The van der Waals surface area contributed by atoms with Crippen LogP contribution >= 0.6 is 0 Å². The molecule has 3 rings (SSSR count). The molecule has 0 atom stereocenters. The van der Waals surface area contributed by atoms with E-state index in [4.69, 9.17) is 5.21 Å². The van der Waals surface area contributed by atoms with Crippen LogP contribution in [0.1, 0.15) is 31.8 Å². The summed E-state index contributed by atoms with van der Waals surface area (Å²) in [5.74, 6) is -0.987. The van der Waals surface area contributed by atoms with Crippen molar-refractivity contribution in [1.29, 1.82) is 0 Å². The van der Waals surface area contributed by atoms with Crippen molar-refractivity contribution in [2.45, 2.75) is 12.6 Å². The molecule has 0 saturated heterocycles. The molecule has 3 N–H and O–H groups in total. The molecule has 0 fully saturated rings. The van der Waals surface area contributed by atoms with Crippen LogP contribution < -0.4 is 10.8 Å². The highest BCUT2D eigenvalue weighted by Crippen LogP contribution is 2.29. The Balaban J connectivity index is 1.65. The molecule has 29 heavy (non-hydrogen) atoms. The van der Waals surface area contributed by atoms with E-state index in [1.165, 1.54) is 12.1 Å². The number of carbonyl (C=O) groups is 2. The van der Waals surface area contributed by atoms with E-state index in [9.17, 15) is 22.8 Å². The number of fused-ring (bicyclic) bond motifs is 1. The van der Waals surface area contributed by atoms with Crippen molar-refractivity contribution in [2.24, 2.45) is 0 Å². The van der Waals surface area contributed by atoms with Crippen molar-refractivity contribution in [3.8, 4) is 0 Å². The van der Waals surface area contributed by atoms with Crippen molar-refractivity contribution in [3.63, 3.8) is 0 Å². The lowest BCUT2D eigenvalue weighted by molar-refractivity contribution is -0.137. The van der Waals surface area contributed by atoms with Crippen molar-refractivity contribution in [3.05, 3.63) is 82.9 Å². The standard InChI is InChI=1S/C21H17F3N2O3/c22-21(23,24)18-3-1-2-13(10-18)8-9-25-19(27)16-6-4-15-12-17(20(28)26-29)7-5-14(15)11-16/h1-7,10-12,29H,8-9H2,(H,25,27)(H,26,28). The van der Waals surface area contributed by atoms with Crippen LogP contribution in [0.2, 0.25) is 0 Å². The monoisotopic (exact) mass is 402 g/mol. The SMILES string of the molecule is O=C(NO)c1ccc2cc(C(=O)NCCc3cccc(C(F)(F)F)c3)ccc2c1. The Morgan fingerprint density at radius 1 is 0.862 bits per heavy atom. The molecule has 0 unspecified atom stereocenters. The van der Waals surface area contributed by atoms with Gasteiger partial charge in [-0.25, -0.2) is 5.48 Å². The summed E-state index contributed by atoms with van der Waals surface area (Å²) in [4.78, 5) is 23.8. The highest BCUT2D eigenvalue weighted by molar-refractivity contribution is 6.01. The molecule has 0 aliphatic heterocycles. The summed E-state index contributed by atoms with van der Waals surface area (Å²) in [5.41, 5.74) is 1.99. The minimum atomic E-state index is -4.40. The Kier molecular flexibility index (Phi) is 5.84. The van der Waals surface area contributed by atoms with Crippen LogP contribution in [-0.4, -0.2) is 23.6 Å². The van der Waals surface area contributed by atoms with Gasteiger partial charge in [0.05, 0.1) is 5.56 Å². The van der Waals surface area contributed by atoms with E-state index < -0.39 is 17.6 Å². The van der Waals surface area contributed by atoms with E-state index >= 15 is 0 Å². The zero-order chi connectivity index (χ0) is 21.0. The molecule has 0 saturated carbocycles. The van der Waals surface area contributed by atoms with Crippen LogP contribution in [-0.2, 0) is 12.6 Å². The molecule has 2 amide bonds. The van der Waals surface area contributed by atoms with Crippen molar-refractivity contribution < 1.29 is 28.0 Å². The molecule has 3 aromatic carbocycles. The Labute approximate surface area is 164 Å². The number of hydrogen-bond acceptors (Lipinski definition) is 3. The van der Waals surface area contributed by atoms with Gasteiger partial charge in [-0.15, -0.1) is 0 Å². The third-order valence-electron chi connectivity index (χ3n) is 4.42. The minimum Gasteiger partial charge on any atom is -0.352 e. The first-order chi connectivity index (χ1) is 13.8. The van der Waals surface area contributed by atoms with Crippen LogP contribution in [0.3, 0.4) is 0 Å². The maximum Gasteiger partial charge on any atom is 0.416 e. The summed E-state index contributed by atoms with van der Waals surface area (Å²) < 4.78 is 38.3. The summed E-state index contributed by atoms with van der Waals surface area (Å²) in [6.45, 7) is 0.188. The lowest BCUT2D eigenvalue weighted by Gasteiger charge is -2.10. The van der Waals surface area contributed by atoms with Gasteiger partial charge in [-0.1, -0.05) is 30.3 Å². The fraction of sp³-hybridized carbons (Fsp3) is 0.143. The van der Waals surface area contributed by atoms with E-state index in [1.807, 2.05) is 0 Å². The zero-order valence-corrected chi connectivity index (χ0v) is 15.1. The van der Waals surface area contributed by atoms with Crippen LogP contribution in [0.4, 0.5) is 13.2 Å². The van der Waals surface area contributed by atoms with Gasteiger partial charge in [-0.3, -0.25) is 14.8 Å². The molecule has 0 bridgehead atoms. The Hall–Kier alpha value is -3.39. The van der Waals surface area contributed by atoms with E-state index in [0.29, 0.717) is 16.5 Å². The summed E-state index contributed by atoms with van der Waals surface area (Å²) in [6.07, 6.45) is -4.13. The van der Waals surface area contributed by atoms with E-state index in [1.54, 1.807) is 41.9 Å². The second-order valence-corrected chi connectivity index (χ2v) is 6.42. The van der Waals surface area contributed by atoms with Crippen molar-refractivity contribution in [2.75, 3.05) is 6.54 Å². The second kappa shape index (κ2) is 8.32. The summed E-state index contributed by atoms with van der Waals surface area (Å²) in [7, 11) is 0. The van der Waals surface area contributed by atoms with Gasteiger partial charge in [0.1, 0.15) is 0 Å². The lowest BCUT2D eigenvalue weighted by atomic mass is 10.0. The Morgan fingerprint density at radius 2 is 1.48 bits per heavy atom. The summed E-state index contributed by atoms with van der Waals surface area (Å²) >= 11 is 0. The number of nitrogens with one attached hydrogen (secondary N) is 2. The Morgan fingerprint density at radius 3 is 2.07 bits per heavy atom. The smallest absolute Gasteiger partial charge is 0.352 e. The largest absolute Gasteiger partial charge is 0.416 e. The van der Waals surface area contributed by atoms with Gasteiger partial charge in [-0.05, 0) is 53.1 Å². The maximum atomic E-state index is 12.8. The first-order valence-corrected chi connectivity index (χ1v) is 8.70. The molecule has 0 heterocycles. The second-order valence-electron chi connectivity index (χ2n) is 6.42. The van der Waals surface area contributed by atoms with Crippen LogP contribution in [0.25, 0.3) is 10.8 Å². The number of rotatable bonds is 5. The molecule has 3 aromatic rings. The van der Waals surface area contributed by atoms with E-state index in [2.05, 4.69) is 5.32 Å². The zero-order valence-electron chi connectivity index (χ0n) is 15.1. The lowest BCUT2D eigenvalue weighted by Crippen LogP contribution is -2.25. The number of benzene rings is 3. The number of alkyl halides is 3. The van der Waals surface area contributed by atoms with Gasteiger partial charge < -0.3 is 5.32 Å². The molecular weight excluding hydrogens is 385 g/mol. The number of hydroxylamine groups is 1. The third kappa shape index (κ3) is 4.91. The van der Waals surface area contributed by atoms with Crippen molar-refractivity contribution in [1.82, 2.24) is 10.8 Å². The molecule has 0 spiro atoms. The fourth-order valence-electron chi connectivity index (χ4n) is 2.92. The van der Waals surface area contributed by atoms with E-state index in [-0.39, 0.29) is 24.4 Å². The van der Waals surface area contributed by atoms with Gasteiger partial charge in [-0.2, -0.15) is 13.2 Å². The van der Waals surface area contributed by atoms with E-state index in [0.717, 1.165) is 17.5 Å². The predicted molar refractivity (Wildman–Crippen MR) is 101 cm³/mol. The maximum absolute atomic E-state index is 12.8. The quantitative estimate of drug-likeness (QED) is 0.447. The number of amides is 2. The van der Waals surface area contributed by atoms with Crippen LogP contribution in [0.5, 0.6) is 0 Å². The molecule has 150 valence electrons. The summed E-state index contributed by atoms with van der Waals surface area (Å²) in [6, 6.07) is 14.7. The molecule has 0 aromatic heterocycles. The molecule has 0 radical (unpaired) electrons. The summed E-state index contributed by atoms with van der Waals surface area (Å²) in [5, 5.41) is 12.8. The van der Waals surface area contributed by atoms with Gasteiger partial charge in [0.25, 0.3) is 11.8 Å². The first kappa shape index (κ1) is 20.3. The van der Waals surface area contributed by atoms with Gasteiger partial charge >= 0.3 is 6.18 Å². The topological polar surface area (TPSA) is 78.4 Å². The third-order valence-corrected chi connectivity index (χ3v) is 4.42. The van der Waals surface area contributed by atoms with Gasteiger partial charge in [0, 0.05) is 17.7 Å². The first-order valence-electron chi connectivity index (χ1n) is 8.70. The number of halogens is 3.